The van der Waals surface area contributed by atoms with Crippen molar-refractivity contribution in [1.29, 1.82) is 0 Å². The van der Waals surface area contributed by atoms with Gasteiger partial charge in [-0.3, -0.25) is 0 Å². The van der Waals surface area contributed by atoms with E-state index in [9.17, 15) is 0 Å². The lowest BCUT2D eigenvalue weighted by molar-refractivity contribution is 0.385. The van der Waals surface area contributed by atoms with E-state index in [-0.39, 0.29) is 0 Å². The van der Waals surface area contributed by atoms with Gasteiger partial charge in [0.15, 0.2) is 0 Å². The van der Waals surface area contributed by atoms with E-state index in [0.29, 0.717) is 5.41 Å². The maximum Gasteiger partial charge on any atom is -0.0187 e. The van der Waals surface area contributed by atoms with Gasteiger partial charge in [0, 0.05) is 0 Å². The third-order valence-corrected chi connectivity index (χ3v) is 2.77. The second-order valence-corrected chi connectivity index (χ2v) is 4.77. The van der Waals surface area contributed by atoms with Crippen molar-refractivity contribution in [2.24, 2.45) is 5.41 Å². The monoisotopic (exact) mass is 153 g/mol. The highest BCUT2D eigenvalue weighted by Gasteiger charge is 2.25. The quantitative estimate of drug-likeness (QED) is 0.462. The van der Waals surface area contributed by atoms with Crippen LogP contribution in [0.15, 0.2) is 0 Å². The van der Waals surface area contributed by atoms with Gasteiger partial charge >= 0.3 is 0 Å². The highest BCUT2D eigenvalue weighted by molar-refractivity contribution is 5.01. The van der Waals surface area contributed by atoms with Crippen LogP contribution in [-0.4, -0.2) is 0 Å². The van der Waals surface area contributed by atoms with Gasteiger partial charge in [-0.25, -0.2) is 0 Å². The van der Waals surface area contributed by atoms with Crippen molar-refractivity contribution in [2.75, 3.05) is 0 Å². The van der Waals surface area contributed by atoms with Crippen LogP contribution in [0.1, 0.15) is 59.3 Å². The van der Waals surface area contributed by atoms with Gasteiger partial charge in [0.25, 0.3) is 0 Å². The summed E-state index contributed by atoms with van der Waals surface area (Å²) in [7, 11) is 0. The van der Waals surface area contributed by atoms with Gasteiger partial charge in [0.1, 0.15) is 0 Å². The molecule has 0 aliphatic heterocycles. The molecule has 0 atom stereocenters. The molecule has 11 heavy (non-hydrogen) atoms. The number of rotatable bonds is 0. The van der Waals surface area contributed by atoms with Crippen LogP contribution >= 0.6 is 0 Å². The summed E-state index contributed by atoms with van der Waals surface area (Å²) in [5, 5.41) is 0. The largest absolute Gasteiger partial charge is 0.0596 e. The van der Waals surface area contributed by atoms with Crippen LogP contribution < -0.4 is 0 Å². The van der Waals surface area contributed by atoms with Crippen molar-refractivity contribution in [3.05, 3.63) is 5.92 Å². The molecular weight excluding hydrogens is 132 g/mol. The molecule has 1 saturated carbocycles. The fourth-order valence-electron chi connectivity index (χ4n) is 1.91. The first-order valence-electron chi connectivity index (χ1n) is 4.96. The lowest BCUT2D eigenvalue weighted by Gasteiger charge is -2.28. The van der Waals surface area contributed by atoms with Crippen LogP contribution in [0.5, 0.6) is 0 Å². The molecule has 0 spiro atoms. The molecule has 0 N–H and O–H groups in total. The fourth-order valence-corrected chi connectivity index (χ4v) is 1.91. The van der Waals surface area contributed by atoms with Gasteiger partial charge in [-0.2, -0.15) is 0 Å². The third kappa shape index (κ3) is 2.84. The average molecular weight is 153 g/mol. The molecule has 1 aliphatic rings. The maximum absolute atomic E-state index is 2.35. The molecule has 0 unspecified atom stereocenters. The van der Waals surface area contributed by atoms with Crippen LogP contribution in [0, 0.1) is 11.3 Å². The minimum absolute atomic E-state index is 0.477. The van der Waals surface area contributed by atoms with E-state index in [1.165, 1.54) is 38.5 Å². The summed E-state index contributed by atoms with van der Waals surface area (Å²) in [5.74, 6) is 1.80. The first-order chi connectivity index (χ1) is 5.11. The van der Waals surface area contributed by atoms with Crippen LogP contribution in [0.2, 0.25) is 0 Å². The maximum atomic E-state index is 2.35. The molecule has 0 nitrogen and oxygen atoms in total. The Kier molecular flexibility index (Phi) is 2.98. The molecule has 0 heteroatoms. The topological polar surface area (TPSA) is 0 Å². The zero-order valence-corrected chi connectivity index (χ0v) is 8.24. The Labute approximate surface area is 71.4 Å². The summed E-state index contributed by atoms with van der Waals surface area (Å²) in [4.78, 5) is 0. The predicted molar refractivity (Wildman–Crippen MR) is 50.4 cm³/mol. The Morgan fingerprint density at radius 2 is 1.27 bits per heavy atom. The molecule has 0 bridgehead atoms. The highest BCUT2D eigenvalue weighted by Crippen LogP contribution is 2.38. The van der Waals surface area contributed by atoms with Gasteiger partial charge in [-0.1, -0.05) is 46.5 Å². The summed E-state index contributed by atoms with van der Waals surface area (Å²) in [6.45, 7) is 7.06. The highest BCUT2D eigenvalue weighted by atomic mass is 14.3. The predicted octanol–water partition coefficient (Wildman–Crippen LogP) is 3.96. The lowest BCUT2D eigenvalue weighted by Crippen LogP contribution is -2.17. The molecular formula is C11H21. The Hall–Kier alpha value is 0. The second-order valence-electron chi connectivity index (χ2n) is 4.77. The van der Waals surface area contributed by atoms with Gasteiger partial charge in [-0.15, -0.1) is 0 Å². The lowest BCUT2D eigenvalue weighted by atomic mass is 9.76. The molecule has 0 aromatic rings. The van der Waals surface area contributed by atoms with Gasteiger partial charge in [0.05, 0.1) is 0 Å². The van der Waals surface area contributed by atoms with Crippen LogP contribution in [0.25, 0.3) is 0 Å². The second kappa shape index (κ2) is 3.60. The third-order valence-electron chi connectivity index (χ3n) is 2.77. The van der Waals surface area contributed by atoms with Gasteiger partial charge in [0.2, 0.25) is 0 Å². The molecule has 0 amide bonds. The van der Waals surface area contributed by atoms with E-state index in [4.69, 9.17) is 0 Å². The van der Waals surface area contributed by atoms with E-state index >= 15 is 0 Å². The average Bonchev–Trinajstić information content (AvgIpc) is 2.10. The minimum Gasteiger partial charge on any atom is -0.0596 e. The van der Waals surface area contributed by atoms with Crippen LogP contribution in [0.3, 0.4) is 0 Å². The van der Waals surface area contributed by atoms with Gasteiger partial charge < -0.3 is 0 Å². The van der Waals surface area contributed by atoms with E-state index < -0.39 is 0 Å². The molecule has 65 valence electrons. The van der Waals surface area contributed by atoms with Crippen LogP contribution in [0.4, 0.5) is 0 Å². The van der Waals surface area contributed by atoms with Crippen molar-refractivity contribution < 1.29 is 0 Å². The SMILES string of the molecule is CC(C)(C)[C]1CCCCCC1. The molecule has 1 radical (unpaired) electrons. The van der Waals surface area contributed by atoms with Crippen LogP contribution in [-0.2, 0) is 0 Å². The normalized spacial score (nSPS) is 23.2. The molecule has 1 fully saturated rings. The minimum atomic E-state index is 0.477. The summed E-state index contributed by atoms with van der Waals surface area (Å²) < 4.78 is 0. The molecule has 1 aliphatic carbocycles. The molecule has 0 aromatic carbocycles. The van der Waals surface area contributed by atoms with E-state index in [1.807, 2.05) is 0 Å². The van der Waals surface area contributed by atoms with E-state index in [1.54, 1.807) is 5.92 Å². The molecule has 1 rings (SSSR count). The smallest absolute Gasteiger partial charge is 0.0187 e. The summed E-state index contributed by atoms with van der Waals surface area (Å²) in [5.41, 5.74) is 0.477. The van der Waals surface area contributed by atoms with Gasteiger partial charge in [-0.05, 0) is 24.2 Å². The Bertz CT molecular complexity index is 99.7. The zero-order chi connectivity index (χ0) is 8.32. The Balaban J connectivity index is 2.43. The first-order valence-corrected chi connectivity index (χ1v) is 4.96. The first kappa shape index (κ1) is 9.09. The Morgan fingerprint density at radius 1 is 0.818 bits per heavy atom. The summed E-state index contributed by atoms with van der Waals surface area (Å²) in [6, 6.07) is 0. The van der Waals surface area contributed by atoms with Crippen molar-refractivity contribution in [3.63, 3.8) is 0 Å². The fraction of sp³-hybridized carbons (Fsp3) is 0.909. The molecule has 0 aromatic heterocycles. The van der Waals surface area contributed by atoms with Crippen molar-refractivity contribution in [2.45, 2.75) is 59.3 Å². The summed E-state index contributed by atoms with van der Waals surface area (Å²) >= 11 is 0. The summed E-state index contributed by atoms with van der Waals surface area (Å²) in [6.07, 6.45) is 8.57. The van der Waals surface area contributed by atoms with E-state index in [0.717, 1.165) is 0 Å². The molecule has 0 saturated heterocycles. The van der Waals surface area contributed by atoms with E-state index in [2.05, 4.69) is 20.8 Å². The number of hydrogen-bond donors (Lipinski definition) is 0. The Morgan fingerprint density at radius 3 is 1.64 bits per heavy atom. The van der Waals surface area contributed by atoms with Crippen molar-refractivity contribution in [1.82, 2.24) is 0 Å². The van der Waals surface area contributed by atoms with Crippen molar-refractivity contribution >= 4 is 0 Å². The molecule has 0 heterocycles. The van der Waals surface area contributed by atoms with Crippen molar-refractivity contribution in [3.8, 4) is 0 Å². The number of hydrogen-bond acceptors (Lipinski definition) is 0. The zero-order valence-electron chi connectivity index (χ0n) is 8.24. The standard InChI is InChI=1S/C11H21/c1-11(2,3)10-8-6-4-5-7-9-10/h4-9H2,1-3H3.